The van der Waals surface area contributed by atoms with Crippen LogP contribution in [0.5, 0.6) is 0 Å². The third-order valence-electron chi connectivity index (χ3n) is 4.92. The number of nitrogens with zero attached hydrogens (tertiary/aromatic N) is 2. The van der Waals surface area contributed by atoms with Gasteiger partial charge in [-0.05, 0) is 31.9 Å². The molecule has 0 N–H and O–H groups in total. The van der Waals surface area contributed by atoms with E-state index in [0.717, 1.165) is 37.3 Å². The van der Waals surface area contributed by atoms with Gasteiger partial charge in [0.2, 0.25) is 5.91 Å². The van der Waals surface area contributed by atoms with E-state index in [1.54, 1.807) is 4.90 Å². The van der Waals surface area contributed by atoms with Crippen LogP contribution in [0.25, 0.3) is 0 Å². The first-order chi connectivity index (χ1) is 11.0. The van der Waals surface area contributed by atoms with E-state index < -0.39 is 9.84 Å². The number of carbonyl (C=O) groups is 1. The van der Waals surface area contributed by atoms with Gasteiger partial charge in [-0.15, -0.1) is 0 Å². The highest BCUT2D eigenvalue weighted by atomic mass is 32.2. The Morgan fingerprint density at radius 3 is 2.43 bits per heavy atom. The van der Waals surface area contributed by atoms with Gasteiger partial charge in [0.25, 0.3) is 0 Å². The Morgan fingerprint density at radius 2 is 1.78 bits per heavy atom. The van der Waals surface area contributed by atoms with Gasteiger partial charge >= 0.3 is 0 Å². The van der Waals surface area contributed by atoms with Gasteiger partial charge in [-0.1, -0.05) is 25.0 Å². The van der Waals surface area contributed by atoms with Crippen LogP contribution in [-0.4, -0.2) is 45.0 Å². The van der Waals surface area contributed by atoms with Crippen molar-refractivity contribution in [1.29, 1.82) is 0 Å². The van der Waals surface area contributed by atoms with E-state index in [4.69, 9.17) is 0 Å². The van der Waals surface area contributed by atoms with E-state index in [2.05, 4.69) is 11.8 Å². The largest absolute Gasteiger partial charge is 0.368 e. The molecule has 1 aliphatic carbocycles. The van der Waals surface area contributed by atoms with Crippen LogP contribution >= 0.6 is 0 Å². The minimum atomic E-state index is -3.34. The predicted molar refractivity (Wildman–Crippen MR) is 92.7 cm³/mol. The zero-order chi connectivity index (χ0) is 16.4. The summed E-state index contributed by atoms with van der Waals surface area (Å²) in [7, 11) is -3.34. The molecule has 1 heterocycles. The summed E-state index contributed by atoms with van der Waals surface area (Å²) in [6.07, 6.45) is 3.32. The molecule has 0 atom stereocenters. The summed E-state index contributed by atoms with van der Waals surface area (Å²) in [5, 5.41) is -0.321. The molecule has 23 heavy (non-hydrogen) atoms. The summed E-state index contributed by atoms with van der Waals surface area (Å²) in [6, 6.07) is 7.73. The number of benzene rings is 1. The van der Waals surface area contributed by atoms with Gasteiger partial charge in [0.1, 0.15) is 5.75 Å². The molecule has 5 nitrogen and oxygen atoms in total. The van der Waals surface area contributed by atoms with Crippen LogP contribution in [0.2, 0.25) is 0 Å². The zero-order valence-electron chi connectivity index (χ0n) is 13.6. The molecule has 126 valence electrons. The second-order valence-corrected chi connectivity index (χ2v) is 8.61. The summed E-state index contributed by atoms with van der Waals surface area (Å²) in [6.45, 7) is 4.24. The van der Waals surface area contributed by atoms with Crippen molar-refractivity contribution < 1.29 is 13.2 Å². The predicted octanol–water partition coefficient (Wildman–Crippen LogP) is 2.22. The van der Waals surface area contributed by atoms with E-state index >= 15 is 0 Å². The minimum absolute atomic E-state index is 0.292. The van der Waals surface area contributed by atoms with Crippen molar-refractivity contribution in [3.63, 3.8) is 0 Å². The van der Waals surface area contributed by atoms with E-state index in [9.17, 15) is 13.2 Å². The van der Waals surface area contributed by atoms with Crippen molar-refractivity contribution in [2.45, 2.75) is 37.9 Å². The number of hydrogen-bond acceptors (Lipinski definition) is 4. The van der Waals surface area contributed by atoms with E-state index in [1.165, 1.54) is 0 Å². The van der Waals surface area contributed by atoms with Crippen LogP contribution in [0.15, 0.2) is 24.3 Å². The highest BCUT2D eigenvalue weighted by Gasteiger charge is 2.34. The Hall–Kier alpha value is -1.56. The molecule has 0 radical (unpaired) electrons. The second-order valence-electron chi connectivity index (χ2n) is 6.33. The first-order valence-corrected chi connectivity index (χ1v) is 10.1. The summed E-state index contributed by atoms with van der Waals surface area (Å²) < 4.78 is 24.9. The Bertz CT molecular complexity index is 681. The number of para-hydroxylation sites is 2. The van der Waals surface area contributed by atoms with E-state index in [-0.39, 0.29) is 16.9 Å². The molecule has 2 aliphatic rings. The standard InChI is InChI=1S/C17H24N2O3S/c1-2-18-11-12-19(16-10-6-5-9-15(16)18)17(20)13-23(21,22)14-7-3-4-8-14/h5-6,9-10,14H,2-4,7-8,11-13H2,1H3. The number of rotatable bonds is 4. The number of anilines is 2. The Labute approximate surface area is 138 Å². The lowest BCUT2D eigenvalue weighted by Crippen LogP contribution is -2.46. The molecule has 1 saturated carbocycles. The first kappa shape index (κ1) is 16.3. The van der Waals surface area contributed by atoms with Gasteiger partial charge in [-0.2, -0.15) is 0 Å². The van der Waals surface area contributed by atoms with Crippen LogP contribution in [0, 0.1) is 0 Å². The molecule has 0 bridgehead atoms. The van der Waals surface area contributed by atoms with E-state index in [0.29, 0.717) is 19.4 Å². The second kappa shape index (κ2) is 6.51. The number of hydrogen-bond donors (Lipinski definition) is 0. The molecule has 1 aromatic carbocycles. The third kappa shape index (κ3) is 3.22. The average molecular weight is 336 g/mol. The molecule has 3 rings (SSSR count). The van der Waals surface area contributed by atoms with Gasteiger partial charge in [0, 0.05) is 19.6 Å². The van der Waals surface area contributed by atoms with Crippen molar-refractivity contribution in [3.05, 3.63) is 24.3 Å². The number of carbonyl (C=O) groups excluding carboxylic acids is 1. The maximum absolute atomic E-state index is 12.7. The Morgan fingerprint density at radius 1 is 1.13 bits per heavy atom. The molecule has 0 spiro atoms. The quantitative estimate of drug-likeness (QED) is 0.846. The topological polar surface area (TPSA) is 57.7 Å². The fraction of sp³-hybridized carbons (Fsp3) is 0.588. The number of fused-ring (bicyclic) bond motifs is 1. The third-order valence-corrected chi connectivity index (χ3v) is 7.06. The van der Waals surface area contributed by atoms with Crippen LogP contribution in [0.1, 0.15) is 32.6 Å². The monoisotopic (exact) mass is 336 g/mol. The lowest BCUT2D eigenvalue weighted by molar-refractivity contribution is -0.116. The van der Waals surface area contributed by atoms with Crippen LogP contribution in [0.4, 0.5) is 11.4 Å². The van der Waals surface area contributed by atoms with Crippen molar-refractivity contribution in [2.75, 3.05) is 35.2 Å². The highest BCUT2D eigenvalue weighted by molar-refractivity contribution is 7.92. The Kier molecular flexibility index (Phi) is 4.62. The van der Waals surface area contributed by atoms with Crippen LogP contribution in [0.3, 0.4) is 0 Å². The molecule has 1 aromatic rings. The highest BCUT2D eigenvalue weighted by Crippen LogP contribution is 2.33. The molecule has 0 saturated heterocycles. The number of likely N-dealkylation sites (N-methyl/N-ethyl adjacent to an activating group) is 1. The van der Waals surface area contributed by atoms with Gasteiger partial charge in [0.05, 0.1) is 16.6 Å². The molecular formula is C17H24N2O3S. The summed E-state index contributed by atoms with van der Waals surface area (Å²) in [5.41, 5.74) is 1.83. The molecule has 6 heteroatoms. The van der Waals surface area contributed by atoms with Gasteiger partial charge in [0.15, 0.2) is 9.84 Å². The van der Waals surface area contributed by atoms with Crippen LogP contribution < -0.4 is 9.80 Å². The summed E-state index contributed by atoms with van der Waals surface area (Å²) >= 11 is 0. The minimum Gasteiger partial charge on any atom is -0.368 e. The van der Waals surface area contributed by atoms with Crippen molar-refractivity contribution in [2.24, 2.45) is 0 Å². The molecular weight excluding hydrogens is 312 g/mol. The fourth-order valence-electron chi connectivity index (χ4n) is 3.62. The molecule has 1 aliphatic heterocycles. The van der Waals surface area contributed by atoms with Crippen LogP contribution in [-0.2, 0) is 14.6 Å². The summed E-state index contributed by atoms with van der Waals surface area (Å²) in [4.78, 5) is 16.5. The average Bonchev–Trinajstić information content (AvgIpc) is 3.08. The van der Waals surface area contributed by atoms with Crippen molar-refractivity contribution >= 4 is 27.1 Å². The molecule has 0 aromatic heterocycles. The molecule has 0 unspecified atom stereocenters. The van der Waals surface area contributed by atoms with Crippen molar-refractivity contribution in [1.82, 2.24) is 0 Å². The van der Waals surface area contributed by atoms with E-state index in [1.807, 2.05) is 24.3 Å². The first-order valence-electron chi connectivity index (χ1n) is 8.39. The molecule has 1 fully saturated rings. The number of sulfone groups is 1. The lowest BCUT2D eigenvalue weighted by Gasteiger charge is -2.37. The Balaban J connectivity index is 1.80. The fourth-order valence-corrected chi connectivity index (χ4v) is 5.41. The SMILES string of the molecule is CCN1CCN(C(=O)CS(=O)(=O)C2CCCC2)c2ccccc21. The summed E-state index contributed by atoms with van der Waals surface area (Å²) in [5.74, 6) is -0.655. The molecule has 1 amide bonds. The normalized spacial score (nSPS) is 19.0. The maximum atomic E-state index is 12.7. The van der Waals surface area contributed by atoms with Gasteiger partial charge in [-0.3, -0.25) is 4.79 Å². The van der Waals surface area contributed by atoms with Gasteiger partial charge < -0.3 is 9.80 Å². The lowest BCUT2D eigenvalue weighted by atomic mass is 10.1. The van der Waals surface area contributed by atoms with Crippen molar-refractivity contribution in [3.8, 4) is 0 Å². The maximum Gasteiger partial charge on any atom is 0.242 e. The smallest absolute Gasteiger partial charge is 0.242 e. The number of amides is 1. The van der Waals surface area contributed by atoms with Gasteiger partial charge in [-0.25, -0.2) is 8.42 Å². The zero-order valence-corrected chi connectivity index (χ0v) is 14.4.